The van der Waals surface area contributed by atoms with Crippen molar-refractivity contribution in [1.82, 2.24) is 9.62 Å². The summed E-state index contributed by atoms with van der Waals surface area (Å²) in [5.74, 6) is 0.453. The van der Waals surface area contributed by atoms with E-state index in [2.05, 4.69) is 10.6 Å². The second-order valence-electron chi connectivity index (χ2n) is 6.66. The summed E-state index contributed by atoms with van der Waals surface area (Å²) >= 11 is 0. The quantitative estimate of drug-likeness (QED) is 0.573. The highest BCUT2D eigenvalue weighted by molar-refractivity contribution is 7.89. The third-order valence-electron chi connectivity index (χ3n) is 4.27. The van der Waals surface area contributed by atoms with Gasteiger partial charge in [-0.15, -0.1) is 0 Å². The van der Waals surface area contributed by atoms with E-state index >= 15 is 0 Å². The molecule has 2 amide bonds. The highest BCUT2D eigenvalue weighted by atomic mass is 32.2. The molecule has 0 spiro atoms. The number of carbonyl (C=O) groups is 2. The highest BCUT2D eigenvalue weighted by Crippen LogP contribution is 2.28. The molecule has 0 radical (unpaired) electrons. The smallest absolute Gasteiger partial charge is 0.243 e. The number of rotatable bonds is 10. The molecule has 0 atom stereocenters. The average molecular weight is 450 g/mol. The summed E-state index contributed by atoms with van der Waals surface area (Å²) in [4.78, 5) is 23.4. The molecule has 2 rings (SSSR count). The maximum atomic E-state index is 12.7. The minimum Gasteiger partial charge on any atom is -0.493 e. The Bertz CT molecular complexity index is 1020. The molecule has 9 nitrogen and oxygen atoms in total. The molecule has 2 N–H and O–H groups in total. The number of hydrogen-bond acceptors (Lipinski definition) is 6. The minimum atomic E-state index is -3.86. The van der Waals surface area contributed by atoms with Crippen molar-refractivity contribution in [1.29, 1.82) is 0 Å². The van der Waals surface area contributed by atoms with Gasteiger partial charge in [0.2, 0.25) is 21.8 Å². The number of amides is 2. The topological polar surface area (TPSA) is 114 Å². The van der Waals surface area contributed by atoms with Crippen LogP contribution in [0.3, 0.4) is 0 Å². The van der Waals surface area contributed by atoms with E-state index in [0.29, 0.717) is 23.8 Å². The van der Waals surface area contributed by atoms with E-state index in [1.54, 1.807) is 18.2 Å². The van der Waals surface area contributed by atoms with Gasteiger partial charge in [0.05, 0.1) is 25.2 Å². The van der Waals surface area contributed by atoms with Crippen LogP contribution in [0.5, 0.6) is 11.5 Å². The fourth-order valence-corrected chi connectivity index (χ4v) is 3.86. The van der Waals surface area contributed by atoms with Crippen LogP contribution in [0.25, 0.3) is 0 Å². The molecule has 168 valence electrons. The van der Waals surface area contributed by atoms with Gasteiger partial charge in [0.25, 0.3) is 0 Å². The highest BCUT2D eigenvalue weighted by Gasteiger charge is 2.23. The maximum absolute atomic E-state index is 12.7. The number of anilines is 1. The lowest BCUT2D eigenvalue weighted by molar-refractivity contribution is -0.121. The number of likely N-dealkylation sites (N-methyl/N-ethyl adjacent to an activating group) is 1. The van der Waals surface area contributed by atoms with E-state index in [1.165, 1.54) is 45.3 Å². The van der Waals surface area contributed by atoms with E-state index < -0.39 is 15.9 Å². The lowest BCUT2D eigenvalue weighted by Crippen LogP contribution is -2.38. The molecule has 0 saturated carbocycles. The van der Waals surface area contributed by atoms with E-state index in [0.717, 1.165) is 9.87 Å². The number of hydrogen-bond donors (Lipinski definition) is 2. The molecule has 0 heterocycles. The SMILES string of the molecule is CCOc1ccc(CNC(=O)CN(C)S(=O)(=O)c2ccc(NC(C)=O)cc2)cc1OC. The second kappa shape index (κ2) is 10.8. The van der Waals surface area contributed by atoms with Crippen molar-refractivity contribution in [2.45, 2.75) is 25.3 Å². The molecule has 31 heavy (non-hydrogen) atoms. The first-order valence-electron chi connectivity index (χ1n) is 9.57. The predicted octanol–water partition coefficient (Wildman–Crippen LogP) is 1.99. The van der Waals surface area contributed by atoms with Gasteiger partial charge < -0.3 is 20.1 Å². The standard InChI is InChI=1S/C21H27N3O6S/c1-5-30-19-11-6-16(12-20(19)29-4)13-22-21(26)14-24(3)31(27,28)18-9-7-17(8-10-18)23-15(2)25/h6-12H,5,13-14H2,1-4H3,(H,22,26)(H,23,25). The molecular formula is C21H27N3O6S. The molecule has 0 saturated heterocycles. The van der Waals surface area contributed by atoms with Crippen LogP contribution in [-0.4, -0.2) is 51.8 Å². The van der Waals surface area contributed by atoms with Crippen molar-refractivity contribution < 1.29 is 27.5 Å². The Morgan fingerprint density at radius 2 is 1.74 bits per heavy atom. The summed E-state index contributed by atoms with van der Waals surface area (Å²) < 4.78 is 37.1. The molecule has 0 aromatic heterocycles. The Labute approximate surface area is 182 Å². The summed E-state index contributed by atoms with van der Waals surface area (Å²) in [5, 5.41) is 5.27. The van der Waals surface area contributed by atoms with Crippen LogP contribution in [0.4, 0.5) is 5.69 Å². The molecule has 0 bridgehead atoms. The summed E-state index contributed by atoms with van der Waals surface area (Å²) in [5.41, 5.74) is 1.27. The number of benzene rings is 2. The summed E-state index contributed by atoms with van der Waals surface area (Å²) in [6, 6.07) is 11.0. The van der Waals surface area contributed by atoms with Gasteiger partial charge in [-0.1, -0.05) is 6.07 Å². The van der Waals surface area contributed by atoms with Gasteiger partial charge in [-0.25, -0.2) is 8.42 Å². The number of carbonyl (C=O) groups excluding carboxylic acids is 2. The second-order valence-corrected chi connectivity index (χ2v) is 8.71. The molecule has 0 aliphatic carbocycles. The van der Waals surface area contributed by atoms with Crippen molar-refractivity contribution >= 4 is 27.5 Å². The zero-order valence-corrected chi connectivity index (χ0v) is 18.8. The summed E-state index contributed by atoms with van der Waals surface area (Å²) in [7, 11) is -1.00. The number of sulfonamides is 1. The molecule has 0 aliphatic heterocycles. The monoisotopic (exact) mass is 449 g/mol. The van der Waals surface area contributed by atoms with Gasteiger partial charge in [-0.05, 0) is 48.9 Å². The zero-order chi connectivity index (χ0) is 23.0. The van der Waals surface area contributed by atoms with Crippen molar-refractivity contribution in [2.75, 3.05) is 32.6 Å². The number of methoxy groups -OCH3 is 1. The van der Waals surface area contributed by atoms with Gasteiger partial charge in [0.15, 0.2) is 11.5 Å². The average Bonchev–Trinajstić information content (AvgIpc) is 2.73. The zero-order valence-electron chi connectivity index (χ0n) is 18.0. The van der Waals surface area contributed by atoms with Gasteiger partial charge in [-0.2, -0.15) is 4.31 Å². The normalized spacial score (nSPS) is 11.1. The molecule has 2 aromatic rings. The van der Waals surface area contributed by atoms with E-state index in [4.69, 9.17) is 9.47 Å². The van der Waals surface area contributed by atoms with Gasteiger partial charge >= 0.3 is 0 Å². The molecular weight excluding hydrogens is 422 g/mol. The lowest BCUT2D eigenvalue weighted by atomic mass is 10.2. The third-order valence-corrected chi connectivity index (χ3v) is 6.08. The first kappa shape index (κ1) is 24.2. The Balaban J connectivity index is 1.97. The van der Waals surface area contributed by atoms with Gasteiger partial charge in [-0.3, -0.25) is 9.59 Å². The van der Waals surface area contributed by atoms with Crippen LogP contribution < -0.4 is 20.1 Å². The molecule has 2 aromatic carbocycles. The summed E-state index contributed by atoms with van der Waals surface area (Å²) in [6.07, 6.45) is 0. The fraction of sp³-hybridized carbons (Fsp3) is 0.333. The van der Waals surface area contributed by atoms with Crippen LogP contribution in [0.2, 0.25) is 0 Å². The van der Waals surface area contributed by atoms with Crippen molar-refractivity contribution in [3.63, 3.8) is 0 Å². The Hall–Kier alpha value is -3.11. The lowest BCUT2D eigenvalue weighted by Gasteiger charge is -2.17. The Morgan fingerprint density at radius 3 is 2.32 bits per heavy atom. The first-order chi connectivity index (χ1) is 14.7. The molecule has 0 aliphatic rings. The molecule has 0 unspecified atom stereocenters. The van der Waals surface area contributed by atoms with E-state index in [-0.39, 0.29) is 23.9 Å². The largest absolute Gasteiger partial charge is 0.493 e. The van der Waals surface area contributed by atoms with Crippen LogP contribution >= 0.6 is 0 Å². The number of nitrogens with zero attached hydrogens (tertiary/aromatic N) is 1. The van der Waals surface area contributed by atoms with Gasteiger partial charge in [0, 0.05) is 26.2 Å². The first-order valence-corrected chi connectivity index (χ1v) is 11.0. The van der Waals surface area contributed by atoms with Crippen molar-refractivity contribution in [2.24, 2.45) is 0 Å². The Morgan fingerprint density at radius 1 is 1.06 bits per heavy atom. The van der Waals surface area contributed by atoms with Gasteiger partial charge in [0.1, 0.15) is 0 Å². The number of nitrogens with one attached hydrogen (secondary N) is 2. The summed E-state index contributed by atoms with van der Waals surface area (Å²) in [6.45, 7) is 3.60. The molecule has 10 heteroatoms. The van der Waals surface area contributed by atoms with E-state index in [1.807, 2.05) is 6.92 Å². The molecule has 0 fully saturated rings. The minimum absolute atomic E-state index is 0.0214. The van der Waals surface area contributed by atoms with E-state index in [9.17, 15) is 18.0 Å². The van der Waals surface area contributed by atoms with Crippen molar-refractivity contribution in [3.8, 4) is 11.5 Å². The maximum Gasteiger partial charge on any atom is 0.243 e. The van der Waals surface area contributed by atoms with Crippen LogP contribution in [0, 0.1) is 0 Å². The van der Waals surface area contributed by atoms with Crippen LogP contribution in [0.15, 0.2) is 47.4 Å². The van der Waals surface area contributed by atoms with Crippen molar-refractivity contribution in [3.05, 3.63) is 48.0 Å². The van der Waals surface area contributed by atoms with Crippen LogP contribution in [0.1, 0.15) is 19.4 Å². The Kier molecular flexibility index (Phi) is 8.40. The van der Waals surface area contributed by atoms with Crippen LogP contribution in [-0.2, 0) is 26.2 Å². The predicted molar refractivity (Wildman–Crippen MR) is 117 cm³/mol. The third kappa shape index (κ3) is 6.69. The number of ether oxygens (including phenoxy) is 2. The fourth-order valence-electron chi connectivity index (χ4n) is 2.73.